The molecule has 0 spiro atoms. The number of anilines is 3. The van der Waals surface area contributed by atoms with Crippen LogP contribution < -0.4 is 11.1 Å². The van der Waals surface area contributed by atoms with Gasteiger partial charge in [0.25, 0.3) is 0 Å². The maximum atomic E-state index is 6.15. The Hall–Kier alpha value is -2.46. The van der Waals surface area contributed by atoms with Crippen LogP contribution in [0.25, 0.3) is 0 Å². The van der Waals surface area contributed by atoms with Crippen LogP contribution in [0.3, 0.4) is 0 Å². The number of nitrogens with one attached hydrogen (secondary N) is 1. The van der Waals surface area contributed by atoms with Gasteiger partial charge in [0, 0.05) is 10.2 Å². The lowest BCUT2D eigenvalue weighted by molar-refractivity contribution is 1.41. The minimum atomic E-state index is 0.634. The van der Waals surface area contributed by atoms with Crippen molar-refractivity contribution in [2.75, 3.05) is 11.1 Å². The molecule has 0 aliphatic heterocycles. The van der Waals surface area contributed by atoms with Crippen LogP contribution >= 0.6 is 39.1 Å². The summed E-state index contributed by atoms with van der Waals surface area (Å²) in [4.78, 5) is 0. The van der Waals surface area contributed by atoms with Crippen LogP contribution in [0.5, 0.6) is 0 Å². The minimum Gasteiger partial charge on any atom is -0.397 e. The van der Waals surface area contributed by atoms with Crippen molar-refractivity contribution in [3.63, 3.8) is 0 Å². The summed E-state index contributed by atoms with van der Waals surface area (Å²) in [5.41, 5.74) is 13.0. The Bertz CT molecular complexity index is 1100. The molecule has 0 unspecified atom stereocenters. The summed E-state index contributed by atoms with van der Waals surface area (Å²) < 4.78 is 1.14. The lowest BCUT2D eigenvalue weighted by atomic mass is 10.2. The Morgan fingerprint density at radius 3 is 1.58 bits per heavy atom. The van der Waals surface area contributed by atoms with E-state index in [2.05, 4.69) is 71.5 Å². The summed E-state index contributed by atoms with van der Waals surface area (Å²) >= 11 is 15.2. The number of halogens is 3. The van der Waals surface area contributed by atoms with Crippen LogP contribution in [0.1, 0.15) is 22.3 Å². The maximum Gasteiger partial charge on any atom is 0.0643 e. The standard InChI is InChI=1S/C14H14ClN.C7H7Br.C7H8ClN/c1-10-6-8-12(9-7-10)16-14-11(2)4-3-5-13(14)15;1-6-2-4-7(8)5-3-6;1-5-3-2-4-6(8)7(5)9/h3-9,16H,1-2H3;2-5H,1H3;2-4H,9H2,1H3. The van der Waals surface area contributed by atoms with Crippen LogP contribution in [-0.4, -0.2) is 0 Å². The second kappa shape index (κ2) is 13.3. The van der Waals surface area contributed by atoms with Gasteiger partial charge in [-0.2, -0.15) is 0 Å². The number of rotatable bonds is 2. The Kier molecular flexibility index (Phi) is 10.8. The van der Waals surface area contributed by atoms with E-state index in [1.807, 2.05) is 56.3 Å². The summed E-state index contributed by atoms with van der Waals surface area (Å²) in [6, 6.07) is 28.0. The van der Waals surface area contributed by atoms with Crippen molar-refractivity contribution in [2.45, 2.75) is 27.7 Å². The quantitative estimate of drug-likeness (QED) is 0.247. The van der Waals surface area contributed by atoms with E-state index >= 15 is 0 Å². The second-order valence-electron chi connectivity index (χ2n) is 7.69. The van der Waals surface area contributed by atoms with Crippen LogP contribution in [0.4, 0.5) is 17.1 Å². The number of benzene rings is 4. The van der Waals surface area contributed by atoms with Gasteiger partial charge in [-0.15, -0.1) is 0 Å². The molecule has 5 heteroatoms. The lowest BCUT2D eigenvalue weighted by Gasteiger charge is -2.11. The SMILES string of the molecule is Cc1ccc(Br)cc1.Cc1ccc(Nc2c(C)cccc2Cl)cc1.Cc1cccc(Cl)c1N. The fourth-order valence-electron chi connectivity index (χ4n) is 2.75. The van der Waals surface area contributed by atoms with E-state index in [4.69, 9.17) is 28.9 Å². The third-order valence-electron chi connectivity index (χ3n) is 4.82. The van der Waals surface area contributed by atoms with Gasteiger partial charge in [0.05, 0.1) is 21.4 Å². The van der Waals surface area contributed by atoms with Crippen molar-refractivity contribution in [1.82, 2.24) is 0 Å². The fourth-order valence-corrected chi connectivity index (χ4v) is 3.50. The van der Waals surface area contributed by atoms with Crippen molar-refractivity contribution in [3.8, 4) is 0 Å². The molecule has 4 aromatic rings. The Labute approximate surface area is 215 Å². The number of aryl methyl sites for hydroxylation is 4. The van der Waals surface area contributed by atoms with E-state index in [1.54, 1.807) is 6.07 Å². The molecule has 172 valence electrons. The summed E-state index contributed by atoms with van der Waals surface area (Å²) in [7, 11) is 0. The number of hydrogen-bond donors (Lipinski definition) is 2. The highest BCUT2D eigenvalue weighted by Crippen LogP contribution is 2.28. The molecule has 0 amide bonds. The molecule has 0 saturated heterocycles. The van der Waals surface area contributed by atoms with E-state index in [9.17, 15) is 0 Å². The van der Waals surface area contributed by atoms with E-state index in [0.717, 1.165) is 32.0 Å². The first kappa shape index (κ1) is 26.8. The zero-order valence-corrected chi connectivity index (χ0v) is 22.4. The number of hydrogen-bond acceptors (Lipinski definition) is 2. The maximum absolute atomic E-state index is 6.15. The molecule has 0 radical (unpaired) electrons. The van der Waals surface area contributed by atoms with E-state index in [1.165, 1.54) is 11.1 Å². The highest BCUT2D eigenvalue weighted by molar-refractivity contribution is 9.10. The number of nitrogen functional groups attached to an aromatic ring is 1. The first-order valence-corrected chi connectivity index (χ1v) is 12.0. The molecule has 4 rings (SSSR count). The molecule has 3 N–H and O–H groups in total. The van der Waals surface area contributed by atoms with Gasteiger partial charge >= 0.3 is 0 Å². The summed E-state index contributed by atoms with van der Waals surface area (Å²) in [5, 5.41) is 4.72. The number of nitrogens with two attached hydrogens (primary N) is 1. The monoisotopic (exact) mass is 542 g/mol. The third-order valence-corrected chi connectivity index (χ3v) is 6.00. The second-order valence-corrected chi connectivity index (χ2v) is 9.42. The smallest absolute Gasteiger partial charge is 0.0643 e. The van der Waals surface area contributed by atoms with Gasteiger partial charge in [-0.05, 0) is 75.2 Å². The van der Waals surface area contributed by atoms with Crippen molar-refractivity contribution >= 4 is 56.2 Å². The molecule has 0 aromatic heterocycles. The Morgan fingerprint density at radius 1 is 0.636 bits per heavy atom. The van der Waals surface area contributed by atoms with Gasteiger partial charge in [0.15, 0.2) is 0 Å². The van der Waals surface area contributed by atoms with Gasteiger partial charge in [-0.3, -0.25) is 0 Å². The summed E-state index contributed by atoms with van der Waals surface area (Å²) in [5.74, 6) is 0. The molecule has 0 aliphatic carbocycles. The lowest BCUT2D eigenvalue weighted by Crippen LogP contribution is -1.93. The van der Waals surface area contributed by atoms with E-state index in [0.29, 0.717) is 10.7 Å². The summed E-state index contributed by atoms with van der Waals surface area (Å²) in [6.45, 7) is 8.13. The largest absolute Gasteiger partial charge is 0.397 e. The molecular formula is C28H29BrCl2N2. The van der Waals surface area contributed by atoms with Crippen molar-refractivity contribution in [1.29, 1.82) is 0 Å². The van der Waals surface area contributed by atoms with E-state index < -0.39 is 0 Å². The zero-order valence-electron chi connectivity index (χ0n) is 19.3. The van der Waals surface area contributed by atoms with Crippen molar-refractivity contribution in [2.24, 2.45) is 0 Å². The molecular weight excluding hydrogens is 515 g/mol. The normalized spacial score (nSPS) is 9.79. The highest BCUT2D eigenvalue weighted by Gasteiger charge is 2.03. The van der Waals surface area contributed by atoms with E-state index in [-0.39, 0.29) is 0 Å². The average molecular weight is 544 g/mol. The van der Waals surface area contributed by atoms with Crippen LogP contribution in [0.2, 0.25) is 10.0 Å². The molecule has 0 aliphatic rings. The van der Waals surface area contributed by atoms with Gasteiger partial charge < -0.3 is 11.1 Å². The molecule has 0 fully saturated rings. The van der Waals surface area contributed by atoms with Crippen LogP contribution in [0, 0.1) is 27.7 Å². The van der Waals surface area contributed by atoms with Gasteiger partial charge in [-0.1, -0.05) is 98.8 Å². The number of para-hydroxylation sites is 2. The predicted octanol–water partition coefficient (Wildman–Crippen LogP) is 9.69. The summed E-state index contributed by atoms with van der Waals surface area (Å²) in [6.07, 6.45) is 0. The van der Waals surface area contributed by atoms with Crippen LogP contribution in [-0.2, 0) is 0 Å². The highest BCUT2D eigenvalue weighted by atomic mass is 79.9. The average Bonchev–Trinajstić information content (AvgIpc) is 2.79. The van der Waals surface area contributed by atoms with Crippen molar-refractivity contribution < 1.29 is 0 Å². The Balaban J connectivity index is 0.000000192. The minimum absolute atomic E-state index is 0.634. The molecule has 2 nitrogen and oxygen atoms in total. The fraction of sp³-hybridized carbons (Fsp3) is 0.143. The molecule has 33 heavy (non-hydrogen) atoms. The van der Waals surface area contributed by atoms with Gasteiger partial charge in [0.1, 0.15) is 0 Å². The molecule has 0 bridgehead atoms. The zero-order chi connectivity index (χ0) is 24.4. The van der Waals surface area contributed by atoms with Crippen molar-refractivity contribution in [3.05, 3.63) is 122 Å². The van der Waals surface area contributed by atoms with Crippen LogP contribution in [0.15, 0.2) is 89.4 Å². The molecule has 0 heterocycles. The topological polar surface area (TPSA) is 38.0 Å². The van der Waals surface area contributed by atoms with Gasteiger partial charge in [-0.25, -0.2) is 0 Å². The van der Waals surface area contributed by atoms with Gasteiger partial charge in [0.2, 0.25) is 0 Å². The predicted molar refractivity (Wildman–Crippen MR) is 150 cm³/mol. The Morgan fingerprint density at radius 2 is 1.12 bits per heavy atom. The molecule has 0 saturated carbocycles. The first-order valence-electron chi connectivity index (χ1n) is 10.5. The first-order chi connectivity index (χ1) is 15.7. The molecule has 4 aromatic carbocycles. The third kappa shape index (κ3) is 9.13. The molecule has 0 atom stereocenters.